The first kappa shape index (κ1) is 13.5. The van der Waals surface area contributed by atoms with Gasteiger partial charge in [-0.2, -0.15) is 5.26 Å². The van der Waals surface area contributed by atoms with Gasteiger partial charge in [-0.15, -0.1) is 11.8 Å². The molecular weight excluding hydrogens is 238 g/mol. The topological polar surface area (TPSA) is 23.8 Å². The van der Waals surface area contributed by atoms with E-state index in [0.717, 1.165) is 12.8 Å². The third-order valence-corrected chi connectivity index (χ3v) is 5.24. The summed E-state index contributed by atoms with van der Waals surface area (Å²) in [6, 6.07) is 11.0. The van der Waals surface area contributed by atoms with Crippen LogP contribution in [0.1, 0.15) is 39.2 Å². The summed E-state index contributed by atoms with van der Waals surface area (Å²) in [6.45, 7) is 8.91. The molecule has 0 aliphatic heterocycles. The molecule has 0 amide bonds. The van der Waals surface area contributed by atoms with Crippen LogP contribution in [0.15, 0.2) is 29.2 Å². The second kappa shape index (κ2) is 4.63. The SMILES string of the molecule is Cc1ccc(SC2(C#N)CC(C(C)(C)C)C2)cc1. The zero-order valence-electron chi connectivity index (χ0n) is 11.7. The molecule has 0 heterocycles. The smallest absolute Gasteiger partial charge is 0.108 e. The largest absolute Gasteiger partial charge is 0.197 e. The second-order valence-electron chi connectivity index (χ2n) is 6.49. The van der Waals surface area contributed by atoms with Crippen molar-refractivity contribution in [2.75, 3.05) is 0 Å². The molecule has 2 rings (SSSR count). The van der Waals surface area contributed by atoms with Gasteiger partial charge in [0.15, 0.2) is 0 Å². The highest BCUT2D eigenvalue weighted by atomic mass is 32.2. The number of benzene rings is 1. The Bertz CT molecular complexity index is 455. The van der Waals surface area contributed by atoms with E-state index < -0.39 is 0 Å². The summed E-state index contributed by atoms with van der Waals surface area (Å²) in [7, 11) is 0. The van der Waals surface area contributed by atoms with Crippen LogP contribution in [0.3, 0.4) is 0 Å². The molecule has 0 aromatic heterocycles. The number of hydrogen-bond acceptors (Lipinski definition) is 2. The summed E-state index contributed by atoms with van der Waals surface area (Å²) in [4.78, 5) is 1.22. The summed E-state index contributed by atoms with van der Waals surface area (Å²) < 4.78 is -0.187. The van der Waals surface area contributed by atoms with Crippen molar-refractivity contribution in [1.82, 2.24) is 0 Å². The van der Waals surface area contributed by atoms with E-state index in [2.05, 4.69) is 58.0 Å². The van der Waals surface area contributed by atoms with Crippen LogP contribution in [0, 0.1) is 29.6 Å². The first-order valence-corrected chi connectivity index (χ1v) is 7.33. The lowest BCUT2D eigenvalue weighted by Crippen LogP contribution is -2.45. The zero-order valence-corrected chi connectivity index (χ0v) is 12.5. The maximum Gasteiger partial charge on any atom is 0.108 e. The molecule has 0 saturated heterocycles. The fourth-order valence-corrected chi connectivity index (χ4v) is 3.72. The van der Waals surface area contributed by atoms with E-state index in [1.54, 1.807) is 11.8 Å². The first-order valence-electron chi connectivity index (χ1n) is 6.52. The maximum absolute atomic E-state index is 9.47. The van der Waals surface area contributed by atoms with Gasteiger partial charge in [-0.1, -0.05) is 38.5 Å². The van der Waals surface area contributed by atoms with Crippen LogP contribution in [0.25, 0.3) is 0 Å². The Labute approximate surface area is 115 Å². The van der Waals surface area contributed by atoms with E-state index in [1.165, 1.54) is 10.5 Å². The fraction of sp³-hybridized carbons (Fsp3) is 0.562. The quantitative estimate of drug-likeness (QED) is 0.761. The summed E-state index contributed by atoms with van der Waals surface area (Å²) in [6.07, 6.45) is 2.04. The lowest BCUT2D eigenvalue weighted by molar-refractivity contribution is 0.122. The summed E-state index contributed by atoms with van der Waals surface area (Å²) in [5, 5.41) is 9.47. The molecule has 1 saturated carbocycles. The third-order valence-electron chi connectivity index (χ3n) is 3.91. The number of nitriles is 1. The molecule has 1 fully saturated rings. The molecule has 96 valence electrons. The standard InChI is InChI=1S/C16H21NS/c1-12-5-7-14(8-6-12)18-16(11-17)9-13(10-16)15(2,3)4/h5-8,13H,9-10H2,1-4H3. The van der Waals surface area contributed by atoms with E-state index in [1.807, 2.05) is 0 Å². The van der Waals surface area contributed by atoms with Gasteiger partial charge in [0.25, 0.3) is 0 Å². The van der Waals surface area contributed by atoms with Gasteiger partial charge in [0, 0.05) is 4.90 Å². The lowest BCUT2D eigenvalue weighted by Gasteiger charge is -2.48. The Morgan fingerprint density at radius 1 is 1.22 bits per heavy atom. The molecule has 0 radical (unpaired) electrons. The minimum atomic E-state index is -0.187. The van der Waals surface area contributed by atoms with E-state index in [-0.39, 0.29) is 4.75 Å². The summed E-state index contributed by atoms with van der Waals surface area (Å²) in [5.74, 6) is 0.676. The Hall–Kier alpha value is -0.940. The van der Waals surface area contributed by atoms with Gasteiger partial charge < -0.3 is 0 Å². The van der Waals surface area contributed by atoms with Crippen LogP contribution in [-0.4, -0.2) is 4.75 Å². The van der Waals surface area contributed by atoms with Crippen molar-refractivity contribution in [3.63, 3.8) is 0 Å². The Morgan fingerprint density at radius 3 is 2.22 bits per heavy atom. The molecule has 0 N–H and O–H groups in total. The predicted molar refractivity (Wildman–Crippen MR) is 77.6 cm³/mol. The Kier molecular flexibility index (Phi) is 3.47. The van der Waals surface area contributed by atoms with Crippen molar-refractivity contribution in [3.05, 3.63) is 29.8 Å². The van der Waals surface area contributed by atoms with Gasteiger partial charge in [0.2, 0.25) is 0 Å². The van der Waals surface area contributed by atoms with Gasteiger partial charge in [-0.05, 0) is 43.2 Å². The monoisotopic (exact) mass is 259 g/mol. The zero-order chi connectivity index (χ0) is 13.4. The van der Waals surface area contributed by atoms with Crippen molar-refractivity contribution < 1.29 is 0 Å². The van der Waals surface area contributed by atoms with Gasteiger partial charge >= 0.3 is 0 Å². The van der Waals surface area contributed by atoms with Crippen LogP contribution >= 0.6 is 11.8 Å². The van der Waals surface area contributed by atoms with Gasteiger partial charge in [-0.3, -0.25) is 0 Å². The molecule has 0 bridgehead atoms. The minimum Gasteiger partial charge on any atom is -0.197 e. The van der Waals surface area contributed by atoms with Gasteiger partial charge in [0.1, 0.15) is 4.75 Å². The van der Waals surface area contributed by atoms with E-state index in [4.69, 9.17) is 0 Å². The molecule has 0 spiro atoms. The van der Waals surface area contributed by atoms with Crippen molar-refractivity contribution in [2.24, 2.45) is 11.3 Å². The summed E-state index contributed by atoms with van der Waals surface area (Å²) in [5.41, 5.74) is 1.60. The van der Waals surface area contributed by atoms with Crippen LogP contribution in [0.5, 0.6) is 0 Å². The molecular formula is C16H21NS. The third kappa shape index (κ3) is 2.72. The maximum atomic E-state index is 9.47. The number of nitrogens with zero attached hydrogens (tertiary/aromatic N) is 1. The van der Waals surface area contributed by atoms with E-state index >= 15 is 0 Å². The second-order valence-corrected chi connectivity index (χ2v) is 7.95. The highest BCUT2D eigenvalue weighted by Gasteiger charge is 2.49. The number of thioether (sulfide) groups is 1. The lowest BCUT2D eigenvalue weighted by atomic mass is 9.63. The highest BCUT2D eigenvalue weighted by Crippen LogP contribution is 2.55. The fourth-order valence-electron chi connectivity index (χ4n) is 2.38. The normalized spacial score (nSPS) is 27.4. The molecule has 1 aliphatic carbocycles. The molecule has 1 nitrogen and oxygen atoms in total. The van der Waals surface area contributed by atoms with Crippen LogP contribution in [0.4, 0.5) is 0 Å². The molecule has 18 heavy (non-hydrogen) atoms. The molecule has 1 aromatic carbocycles. The van der Waals surface area contributed by atoms with Gasteiger partial charge in [-0.25, -0.2) is 0 Å². The van der Waals surface area contributed by atoms with Crippen LogP contribution in [-0.2, 0) is 0 Å². The van der Waals surface area contributed by atoms with Crippen LogP contribution < -0.4 is 0 Å². The first-order chi connectivity index (χ1) is 8.35. The van der Waals surface area contributed by atoms with E-state index in [0.29, 0.717) is 11.3 Å². The van der Waals surface area contributed by atoms with Crippen molar-refractivity contribution >= 4 is 11.8 Å². The minimum absolute atomic E-state index is 0.187. The Balaban J connectivity index is 2.05. The van der Waals surface area contributed by atoms with Crippen LogP contribution in [0.2, 0.25) is 0 Å². The van der Waals surface area contributed by atoms with E-state index in [9.17, 15) is 5.26 Å². The van der Waals surface area contributed by atoms with Crippen molar-refractivity contribution in [2.45, 2.75) is 50.2 Å². The van der Waals surface area contributed by atoms with Crippen molar-refractivity contribution in [1.29, 1.82) is 5.26 Å². The Morgan fingerprint density at radius 2 is 1.78 bits per heavy atom. The average molecular weight is 259 g/mol. The van der Waals surface area contributed by atoms with Gasteiger partial charge in [0.05, 0.1) is 6.07 Å². The predicted octanol–water partition coefficient (Wildman–Crippen LogP) is 4.81. The number of aryl methyl sites for hydroxylation is 1. The molecule has 1 aliphatic rings. The molecule has 0 unspecified atom stereocenters. The summed E-state index contributed by atoms with van der Waals surface area (Å²) >= 11 is 1.75. The molecule has 2 heteroatoms. The average Bonchev–Trinajstić information content (AvgIpc) is 2.24. The number of hydrogen-bond donors (Lipinski definition) is 0. The highest BCUT2D eigenvalue weighted by molar-refractivity contribution is 8.01. The van der Waals surface area contributed by atoms with Crippen molar-refractivity contribution in [3.8, 4) is 6.07 Å². The molecule has 0 atom stereocenters. The molecule has 1 aromatic rings. The number of rotatable bonds is 2.